The molecule has 4 rings (SSSR count). The van der Waals surface area contributed by atoms with Crippen molar-refractivity contribution in [1.82, 2.24) is 20.0 Å². The summed E-state index contributed by atoms with van der Waals surface area (Å²) < 4.78 is 13.0. The van der Waals surface area contributed by atoms with Crippen molar-refractivity contribution >= 4 is 11.8 Å². The molecule has 0 unspecified atom stereocenters. The highest BCUT2D eigenvalue weighted by Crippen LogP contribution is 2.31. The number of hydrogen-bond donors (Lipinski definition) is 1. The van der Waals surface area contributed by atoms with E-state index >= 15 is 0 Å². The van der Waals surface area contributed by atoms with Crippen molar-refractivity contribution in [2.24, 2.45) is 0 Å². The van der Waals surface area contributed by atoms with Crippen LogP contribution in [0.3, 0.4) is 0 Å². The summed E-state index contributed by atoms with van der Waals surface area (Å²) >= 11 is 0. The molecule has 0 saturated heterocycles. The predicted molar refractivity (Wildman–Crippen MR) is 139 cm³/mol. The van der Waals surface area contributed by atoms with Crippen LogP contribution >= 0.6 is 0 Å². The van der Waals surface area contributed by atoms with Gasteiger partial charge < -0.3 is 19.7 Å². The maximum absolute atomic E-state index is 13.8. The molecule has 8 heteroatoms. The highest BCUT2D eigenvalue weighted by atomic mass is 16.5. The minimum absolute atomic E-state index is 0.101. The van der Waals surface area contributed by atoms with Gasteiger partial charge in [0.05, 0.1) is 24.9 Å². The third kappa shape index (κ3) is 5.75. The minimum atomic E-state index is -1.03. The molecule has 1 saturated carbocycles. The van der Waals surface area contributed by atoms with Crippen molar-refractivity contribution in [1.29, 1.82) is 0 Å². The van der Waals surface area contributed by atoms with E-state index in [0.29, 0.717) is 44.1 Å². The normalized spacial score (nSPS) is 20.5. The second kappa shape index (κ2) is 11.5. The predicted octanol–water partition coefficient (Wildman–Crippen LogP) is 4.43. The second-order valence-corrected chi connectivity index (χ2v) is 10.3. The van der Waals surface area contributed by atoms with Crippen LogP contribution in [0.25, 0.3) is 11.3 Å². The van der Waals surface area contributed by atoms with Gasteiger partial charge in [-0.05, 0) is 77.3 Å². The molecular formula is C28H40N4O4. The fourth-order valence-electron chi connectivity index (χ4n) is 5.15. The van der Waals surface area contributed by atoms with Gasteiger partial charge >= 0.3 is 0 Å². The summed E-state index contributed by atoms with van der Waals surface area (Å²) in [6.45, 7) is 9.71. The van der Waals surface area contributed by atoms with Gasteiger partial charge in [-0.2, -0.15) is 5.10 Å². The topological polar surface area (TPSA) is 85.7 Å². The molecule has 1 aliphatic heterocycles. The quantitative estimate of drug-likeness (QED) is 0.492. The summed E-state index contributed by atoms with van der Waals surface area (Å²) in [5, 5.41) is 8.01. The average Bonchev–Trinajstić information content (AvgIpc) is 3.28. The van der Waals surface area contributed by atoms with Crippen LogP contribution in [0.2, 0.25) is 0 Å². The number of nitrogens with zero attached hydrogens (tertiary/aromatic N) is 3. The van der Waals surface area contributed by atoms with E-state index in [1.807, 2.05) is 58.0 Å². The Morgan fingerprint density at radius 1 is 1.19 bits per heavy atom. The number of nitrogens with one attached hydrogen (secondary N) is 1. The van der Waals surface area contributed by atoms with Crippen molar-refractivity contribution in [3.8, 4) is 17.0 Å². The summed E-state index contributed by atoms with van der Waals surface area (Å²) in [4.78, 5) is 29.2. The number of aromatic nitrogens is 2. The second-order valence-electron chi connectivity index (χ2n) is 10.3. The largest absolute Gasteiger partial charge is 0.494 e. The van der Waals surface area contributed by atoms with Gasteiger partial charge in [-0.1, -0.05) is 19.3 Å². The molecule has 2 amide bonds. The molecule has 1 aliphatic carbocycles. The first kappa shape index (κ1) is 26.2. The SMILES string of the molecule is CCOc1ccc(-c2cc3n(n2)C[C@](C)(C(=O)NC2CCCCC2)N(CCCOC(C)C)C3=O)cc1. The summed E-state index contributed by atoms with van der Waals surface area (Å²) in [6.07, 6.45) is 6.25. The summed E-state index contributed by atoms with van der Waals surface area (Å²) in [7, 11) is 0. The van der Waals surface area contributed by atoms with Gasteiger partial charge in [-0.15, -0.1) is 0 Å². The van der Waals surface area contributed by atoms with Crippen LogP contribution in [-0.2, 0) is 16.1 Å². The van der Waals surface area contributed by atoms with Crippen LogP contribution in [0.4, 0.5) is 0 Å². The van der Waals surface area contributed by atoms with E-state index in [0.717, 1.165) is 37.0 Å². The Balaban J connectivity index is 1.59. The Bertz CT molecular complexity index is 1040. The number of fused-ring (bicyclic) bond motifs is 1. The third-order valence-electron chi connectivity index (χ3n) is 7.17. The molecule has 0 bridgehead atoms. The highest BCUT2D eigenvalue weighted by Gasteiger charge is 2.48. The Kier molecular flexibility index (Phi) is 8.34. The number of hydrogen-bond acceptors (Lipinski definition) is 5. The molecule has 196 valence electrons. The van der Waals surface area contributed by atoms with Crippen LogP contribution in [-0.4, -0.2) is 63.9 Å². The zero-order chi connectivity index (χ0) is 25.7. The van der Waals surface area contributed by atoms with Gasteiger partial charge in [-0.3, -0.25) is 14.3 Å². The molecule has 0 radical (unpaired) electrons. The summed E-state index contributed by atoms with van der Waals surface area (Å²) in [6, 6.07) is 9.69. The molecule has 1 aromatic carbocycles. The maximum atomic E-state index is 13.8. The van der Waals surface area contributed by atoms with E-state index in [4.69, 9.17) is 14.6 Å². The van der Waals surface area contributed by atoms with Crippen molar-refractivity contribution in [3.05, 3.63) is 36.0 Å². The van der Waals surface area contributed by atoms with E-state index in [2.05, 4.69) is 5.32 Å². The molecule has 1 N–H and O–H groups in total. The smallest absolute Gasteiger partial charge is 0.273 e. The van der Waals surface area contributed by atoms with E-state index in [-0.39, 0.29) is 24.0 Å². The van der Waals surface area contributed by atoms with Gasteiger partial charge in [0.25, 0.3) is 5.91 Å². The Hall–Kier alpha value is -2.87. The first-order valence-corrected chi connectivity index (χ1v) is 13.4. The van der Waals surface area contributed by atoms with Crippen molar-refractivity contribution in [2.75, 3.05) is 19.8 Å². The lowest BCUT2D eigenvalue weighted by Gasteiger charge is -2.44. The molecule has 1 fully saturated rings. The Labute approximate surface area is 214 Å². The van der Waals surface area contributed by atoms with E-state index < -0.39 is 5.54 Å². The number of carbonyl (C=O) groups is 2. The lowest BCUT2D eigenvalue weighted by molar-refractivity contribution is -0.134. The monoisotopic (exact) mass is 496 g/mol. The van der Waals surface area contributed by atoms with Crippen LogP contribution in [0.5, 0.6) is 5.75 Å². The molecule has 2 aromatic rings. The van der Waals surface area contributed by atoms with Crippen LogP contribution in [0, 0.1) is 0 Å². The van der Waals surface area contributed by atoms with Gasteiger partial charge in [0, 0.05) is 24.8 Å². The first-order valence-electron chi connectivity index (χ1n) is 13.4. The fraction of sp³-hybridized carbons (Fsp3) is 0.607. The molecule has 2 aliphatic rings. The maximum Gasteiger partial charge on any atom is 0.273 e. The lowest BCUT2D eigenvalue weighted by atomic mass is 9.91. The molecule has 36 heavy (non-hydrogen) atoms. The number of benzene rings is 1. The summed E-state index contributed by atoms with van der Waals surface area (Å²) in [5.41, 5.74) is 1.09. The number of rotatable bonds is 10. The van der Waals surface area contributed by atoms with Gasteiger partial charge in [0.15, 0.2) is 0 Å². The standard InChI is InChI=1S/C28H40N4O4/c1-5-35-23-14-12-21(13-15-23)24-18-25-26(33)31(16-9-17-36-20(2)3)28(4,19-32(25)30-24)27(34)29-22-10-7-6-8-11-22/h12-15,18,20,22H,5-11,16-17,19H2,1-4H3,(H,29,34)/t28-/m1/s1. The minimum Gasteiger partial charge on any atom is -0.494 e. The van der Waals surface area contributed by atoms with E-state index in [1.54, 1.807) is 9.58 Å². The molecule has 0 spiro atoms. The molecule has 1 aromatic heterocycles. The molecule has 2 heterocycles. The van der Waals surface area contributed by atoms with Crippen LogP contribution in [0.15, 0.2) is 30.3 Å². The molecule has 8 nitrogen and oxygen atoms in total. The fourth-order valence-corrected chi connectivity index (χ4v) is 5.15. The van der Waals surface area contributed by atoms with Gasteiger partial charge in [0.1, 0.15) is 17.0 Å². The zero-order valence-corrected chi connectivity index (χ0v) is 22.1. The lowest BCUT2D eigenvalue weighted by Crippen LogP contribution is -2.65. The van der Waals surface area contributed by atoms with Crippen molar-refractivity contribution in [2.45, 2.75) is 90.4 Å². The zero-order valence-electron chi connectivity index (χ0n) is 22.1. The van der Waals surface area contributed by atoms with Crippen molar-refractivity contribution < 1.29 is 19.1 Å². The number of ether oxygens (including phenoxy) is 2. The van der Waals surface area contributed by atoms with Crippen LogP contribution < -0.4 is 10.1 Å². The summed E-state index contributed by atoms with van der Waals surface area (Å²) in [5.74, 6) is 0.524. The molecular weight excluding hydrogens is 456 g/mol. The van der Waals surface area contributed by atoms with E-state index in [1.165, 1.54) is 6.42 Å². The average molecular weight is 497 g/mol. The van der Waals surface area contributed by atoms with Gasteiger partial charge in [-0.25, -0.2) is 0 Å². The third-order valence-corrected chi connectivity index (χ3v) is 7.17. The molecule has 1 atom stereocenters. The first-order chi connectivity index (χ1) is 17.3. The number of carbonyl (C=O) groups excluding carboxylic acids is 2. The Morgan fingerprint density at radius 2 is 1.92 bits per heavy atom. The Morgan fingerprint density at radius 3 is 2.58 bits per heavy atom. The number of amides is 2. The van der Waals surface area contributed by atoms with Gasteiger partial charge in [0.2, 0.25) is 5.91 Å². The van der Waals surface area contributed by atoms with E-state index in [9.17, 15) is 9.59 Å². The van der Waals surface area contributed by atoms with Crippen molar-refractivity contribution in [3.63, 3.8) is 0 Å². The van der Waals surface area contributed by atoms with Crippen LogP contribution in [0.1, 0.15) is 76.7 Å². The highest BCUT2D eigenvalue weighted by molar-refractivity contribution is 6.00.